The molecule has 5 nitrogen and oxygen atoms in total. The summed E-state index contributed by atoms with van der Waals surface area (Å²) in [5.41, 5.74) is 1.09. The Labute approximate surface area is 132 Å². The summed E-state index contributed by atoms with van der Waals surface area (Å²) in [5, 5.41) is 6.51. The van der Waals surface area contributed by atoms with Crippen LogP contribution in [0.25, 0.3) is 0 Å². The number of nitrogens with one attached hydrogen (secondary N) is 1. The van der Waals surface area contributed by atoms with Crippen molar-refractivity contribution in [2.24, 2.45) is 4.99 Å². The van der Waals surface area contributed by atoms with E-state index in [1.54, 1.807) is 11.3 Å². The Morgan fingerprint density at radius 3 is 2.86 bits per heavy atom. The van der Waals surface area contributed by atoms with Crippen LogP contribution in [0.4, 0.5) is 0 Å². The Bertz CT molecular complexity index is 420. The summed E-state index contributed by atoms with van der Waals surface area (Å²) in [6.45, 7) is 10.1. The topological polar surface area (TPSA) is 49.8 Å². The van der Waals surface area contributed by atoms with Crippen LogP contribution in [0.3, 0.4) is 0 Å². The summed E-state index contributed by atoms with van der Waals surface area (Å²) in [6.07, 6.45) is 2.29. The summed E-state index contributed by atoms with van der Waals surface area (Å²) >= 11 is 1.68. The van der Waals surface area contributed by atoms with Crippen LogP contribution in [-0.2, 0) is 11.3 Å². The summed E-state index contributed by atoms with van der Waals surface area (Å²) in [4.78, 5) is 11.2. The summed E-state index contributed by atoms with van der Waals surface area (Å²) in [7, 11) is 2.04. The first kappa shape index (κ1) is 17.9. The third-order valence-corrected chi connectivity index (χ3v) is 3.72. The van der Waals surface area contributed by atoms with Crippen molar-refractivity contribution in [3.8, 4) is 0 Å². The van der Waals surface area contributed by atoms with Gasteiger partial charge in [-0.05, 0) is 20.3 Å². The smallest absolute Gasteiger partial charge is 0.194 e. The van der Waals surface area contributed by atoms with E-state index < -0.39 is 0 Å². The van der Waals surface area contributed by atoms with Gasteiger partial charge < -0.3 is 15.0 Å². The molecule has 6 heteroatoms. The molecular weight excluding hydrogens is 284 g/mol. The molecule has 1 aromatic rings. The van der Waals surface area contributed by atoms with Gasteiger partial charge in [0.15, 0.2) is 5.96 Å². The Morgan fingerprint density at radius 1 is 1.43 bits per heavy atom. The van der Waals surface area contributed by atoms with Crippen molar-refractivity contribution in [1.82, 2.24) is 15.2 Å². The van der Waals surface area contributed by atoms with Crippen molar-refractivity contribution in [3.63, 3.8) is 0 Å². The molecule has 0 radical (unpaired) electrons. The quantitative estimate of drug-likeness (QED) is 0.433. The van der Waals surface area contributed by atoms with Gasteiger partial charge in [0.2, 0.25) is 0 Å². The van der Waals surface area contributed by atoms with Crippen LogP contribution in [0.15, 0.2) is 10.4 Å². The zero-order valence-corrected chi connectivity index (χ0v) is 14.5. The van der Waals surface area contributed by atoms with Gasteiger partial charge in [-0.15, -0.1) is 11.3 Å². The van der Waals surface area contributed by atoms with Gasteiger partial charge in [-0.1, -0.05) is 13.3 Å². The minimum atomic E-state index is 0.679. The first-order chi connectivity index (χ1) is 10.2. The first-order valence-electron chi connectivity index (χ1n) is 7.65. The highest BCUT2D eigenvalue weighted by molar-refractivity contribution is 7.09. The van der Waals surface area contributed by atoms with E-state index in [-0.39, 0.29) is 0 Å². The maximum absolute atomic E-state index is 5.54. The lowest BCUT2D eigenvalue weighted by atomic mass is 10.4. The fourth-order valence-corrected chi connectivity index (χ4v) is 2.44. The fourth-order valence-electron chi connectivity index (χ4n) is 1.83. The van der Waals surface area contributed by atoms with Crippen molar-refractivity contribution in [2.75, 3.05) is 33.4 Å². The lowest BCUT2D eigenvalue weighted by Crippen LogP contribution is -2.38. The molecule has 120 valence electrons. The Hall–Kier alpha value is -1.14. The number of aryl methyl sites for hydroxylation is 1. The molecule has 1 aromatic heterocycles. The summed E-state index contributed by atoms with van der Waals surface area (Å²) in [6, 6.07) is 0. The van der Waals surface area contributed by atoms with Crippen molar-refractivity contribution < 1.29 is 4.74 Å². The van der Waals surface area contributed by atoms with E-state index in [0.717, 1.165) is 42.8 Å². The molecule has 1 rings (SSSR count). The van der Waals surface area contributed by atoms with Crippen LogP contribution in [0.1, 0.15) is 37.4 Å². The van der Waals surface area contributed by atoms with Gasteiger partial charge in [-0.3, -0.25) is 4.99 Å². The van der Waals surface area contributed by atoms with Crippen molar-refractivity contribution in [3.05, 3.63) is 16.1 Å². The van der Waals surface area contributed by atoms with Crippen molar-refractivity contribution >= 4 is 17.3 Å². The van der Waals surface area contributed by atoms with Gasteiger partial charge in [0.25, 0.3) is 0 Å². The number of thiazole rings is 1. The van der Waals surface area contributed by atoms with Crippen molar-refractivity contribution in [1.29, 1.82) is 0 Å². The van der Waals surface area contributed by atoms with E-state index in [4.69, 9.17) is 4.74 Å². The molecule has 0 spiro atoms. The van der Waals surface area contributed by atoms with Gasteiger partial charge in [0.05, 0.1) is 30.4 Å². The van der Waals surface area contributed by atoms with Crippen LogP contribution in [-0.4, -0.2) is 49.2 Å². The number of aromatic nitrogens is 1. The number of rotatable bonds is 9. The number of unbranched alkanes of at least 4 members (excludes halogenated alkanes) is 1. The molecule has 0 unspecified atom stereocenters. The van der Waals surface area contributed by atoms with Crippen LogP contribution in [0, 0.1) is 6.92 Å². The number of hydrogen-bond acceptors (Lipinski definition) is 4. The van der Waals surface area contributed by atoms with Crippen LogP contribution < -0.4 is 5.32 Å². The molecule has 0 bridgehead atoms. The number of hydrogen-bond donors (Lipinski definition) is 1. The Balaban J connectivity index is 2.42. The van der Waals surface area contributed by atoms with Gasteiger partial charge in [0, 0.05) is 25.6 Å². The van der Waals surface area contributed by atoms with E-state index in [1.807, 2.05) is 14.0 Å². The molecule has 0 aliphatic carbocycles. The molecule has 0 aromatic carbocycles. The molecule has 1 N–H and O–H groups in total. The molecule has 1 heterocycles. The third-order valence-electron chi connectivity index (χ3n) is 2.90. The maximum atomic E-state index is 5.54. The van der Waals surface area contributed by atoms with Gasteiger partial charge >= 0.3 is 0 Å². The van der Waals surface area contributed by atoms with Crippen LogP contribution in [0.2, 0.25) is 0 Å². The lowest BCUT2D eigenvalue weighted by molar-refractivity contribution is 0.138. The number of ether oxygens (including phenoxy) is 1. The normalized spacial score (nSPS) is 11.7. The largest absolute Gasteiger partial charge is 0.380 e. The molecule has 0 saturated carbocycles. The molecule has 0 aliphatic rings. The molecule has 21 heavy (non-hydrogen) atoms. The minimum absolute atomic E-state index is 0.679. The van der Waals surface area contributed by atoms with Crippen LogP contribution in [0.5, 0.6) is 0 Å². The zero-order valence-electron chi connectivity index (χ0n) is 13.7. The van der Waals surface area contributed by atoms with Gasteiger partial charge in [-0.2, -0.15) is 0 Å². The molecular formula is C15H28N4OS. The fraction of sp³-hybridized carbons (Fsp3) is 0.733. The highest BCUT2D eigenvalue weighted by Crippen LogP contribution is 2.09. The predicted octanol–water partition coefficient (Wildman–Crippen LogP) is 2.67. The second-order valence-corrected chi connectivity index (χ2v) is 5.98. The second kappa shape index (κ2) is 10.6. The molecule has 0 amide bonds. The van der Waals surface area contributed by atoms with E-state index in [1.165, 1.54) is 6.42 Å². The van der Waals surface area contributed by atoms with Crippen LogP contribution >= 0.6 is 11.3 Å². The predicted molar refractivity (Wildman–Crippen MR) is 90.0 cm³/mol. The molecule has 0 saturated heterocycles. The zero-order chi connectivity index (χ0) is 15.5. The number of aliphatic imine (C=N–C) groups is 1. The molecule has 0 atom stereocenters. The molecule has 0 aliphatic heterocycles. The second-order valence-electron chi connectivity index (χ2n) is 4.92. The number of nitrogens with zero attached hydrogens (tertiary/aromatic N) is 3. The van der Waals surface area contributed by atoms with E-state index >= 15 is 0 Å². The highest BCUT2D eigenvalue weighted by Gasteiger charge is 2.08. The standard InChI is InChI=1S/C15H28N4OS/c1-5-7-9-20-10-8-17-15(16-6-2)19(4)11-14-12-21-13(3)18-14/h12H,5-11H2,1-4H3,(H,16,17). The van der Waals surface area contributed by atoms with Gasteiger partial charge in [0.1, 0.15) is 0 Å². The maximum Gasteiger partial charge on any atom is 0.194 e. The van der Waals surface area contributed by atoms with E-state index in [2.05, 4.69) is 39.4 Å². The average Bonchev–Trinajstić information content (AvgIpc) is 2.86. The first-order valence-corrected chi connectivity index (χ1v) is 8.53. The summed E-state index contributed by atoms with van der Waals surface area (Å²) < 4.78 is 5.54. The SMILES string of the molecule is CCCCOCCN=C(NCC)N(C)Cc1csc(C)n1. The monoisotopic (exact) mass is 312 g/mol. The van der Waals surface area contributed by atoms with Crippen molar-refractivity contribution in [2.45, 2.75) is 40.2 Å². The summed E-state index contributed by atoms with van der Waals surface area (Å²) in [5.74, 6) is 0.905. The number of guanidine groups is 1. The molecule has 0 fully saturated rings. The van der Waals surface area contributed by atoms with Gasteiger partial charge in [-0.25, -0.2) is 4.98 Å². The lowest BCUT2D eigenvalue weighted by Gasteiger charge is -2.21. The Kier molecular flexibility index (Phi) is 9.01. The highest BCUT2D eigenvalue weighted by atomic mass is 32.1. The van der Waals surface area contributed by atoms with E-state index in [9.17, 15) is 0 Å². The average molecular weight is 312 g/mol. The minimum Gasteiger partial charge on any atom is -0.380 e. The Morgan fingerprint density at radius 2 is 2.24 bits per heavy atom. The van der Waals surface area contributed by atoms with E-state index in [0.29, 0.717) is 13.2 Å². The third kappa shape index (κ3) is 7.43.